The van der Waals surface area contributed by atoms with Crippen LogP contribution in [0.5, 0.6) is 5.75 Å². The number of carbonyl (C=O) groups excluding carboxylic acids is 1. The summed E-state index contributed by atoms with van der Waals surface area (Å²) in [5.74, 6) is 3.17. The minimum absolute atomic E-state index is 0.0909. The molecule has 8 nitrogen and oxygen atoms in total. The smallest absolute Gasteiger partial charge is 0.229 e. The number of aryl methyl sites for hydroxylation is 4. The monoisotopic (exact) mass is 806 g/mol. The van der Waals surface area contributed by atoms with Crippen LogP contribution in [-0.2, 0) is 17.6 Å². The van der Waals surface area contributed by atoms with Gasteiger partial charge in [-0.05, 0) is 126 Å². The summed E-state index contributed by atoms with van der Waals surface area (Å²) in [4.78, 5) is 24.1. The van der Waals surface area contributed by atoms with Crippen molar-refractivity contribution < 1.29 is 9.90 Å². The number of hydrogen-bond donors (Lipinski definition) is 1. The Labute approximate surface area is 354 Å². The molecule has 2 fully saturated rings. The molecule has 0 saturated carbocycles. The molecule has 4 aliphatic rings. The first-order valence-corrected chi connectivity index (χ1v) is 22.0. The van der Waals surface area contributed by atoms with Crippen LogP contribution in [0.15, 0.2) is 115 Å². The van der Waals surface area contributed by atoms with Crippen molar-refractivity contribution in [1.82, 2.24) is 19.7 Å². The maximum atomic E-state index is 13.2. The van der Waals surface area contributed by atoms with E-state index in [1.165, 1.54) is 52.0 Å². The lowest BCUT2D eigenvalue weighted by Gasteiger charge is -2.43. The highest BCUT2D eigenvalue weighted by Gasteiger charge is 2.37. The quantitative estimate of drug-likeness (QED) is 0.173. The number of fused-ring (bicyclic) bond motifs is 4. The topological polar surface area (TPSA) is 86.9 Å². The van der Waals surface area contributed by atoms with Crippen molar-refractivity contribution >= 4 is 28.6 Å². The Morgan fingerprint density at radius 2 is 1.59 bits per heavy atom. The van der Waals surface area contributed by atoms with E-state index in [0.29, 0.717) is 17.6 Å². The lowest BCUT2D eigenvalue weighted by molar-refractivity contribution is -0.137. The Balaban J connectivity index is 0.000000242. The van der Waals surface area contributed by atoms with E-state index in [9.17, 15) is 9.90 Å². The summed E-state index contributed by atoms with van der Waals surface area (Å²) < 4.78 is 2.18. The number of carbonyl (C=O) groups is 1. The molecule has 5 aromatic rings. The maximum Gasteiger partial charge on any atom is 0.229 e. The molecule has 306 valence electrons. The lowest BCUT2D eigenvalue weighted by Crippen LogP contribution is -2.55. The number of aromatic nitrogens is 3. The number of thiophene rings is 1. The van der Waals surface area contributed by atoms with Gasteiger partial charge in [-0.1, -0.05) is 85.5 Å². The Bertz CT molecular complexity index is 2320. The molecule has 5 heterocycles. The van der Waals surface area contributed by atoms with E-state index in [4.69, 9.17) is 4.99 Å². The van der Waals surface area contributed by atoms with Crippen LogP contribution < -0.4 is 4.90 Å². The van der Waals surface area contributed by atoms with Crippen molar-refractivity contribution in [2.45, 2.75) is 85.1 Å². The molecule has 3 aromatic carbocycles. The first kappa shape index (κ1) is 41.6. The third-order valence-electron chi connectivity index (χ3n) is 12.1. The molecule has 1 aliphatic carbocycles. The summed E-state index contributed by atoms with van der Waals surface area (Å²) in [7, 11) is 0. The van der Waals surface area contributed by atoms with E-state index < -0.39 is 0 Å². The summed E-state index contributed by atoms with van der Waals surface area (Å²) in [6.07, 6.45) is 16.5. The van der Waals surface area contributed by atoms with Crippen LogP contribution in [0.3, 0.4) is 0 Å². The number of aliphatic imine (C=N–C) groups is 1. The van der Waals surface area contributed by atoms with Gasteiger partial charge in [0, 0.05) is 47.9 Å². The van der Waals surface area contributed by atoms with E-state index in [1.54, 1.807) is 23.5 Å². The van der Waals surface area contributed by atoms with Gasteiger partial charge in [0.2, 0.25) is 5.91 Å². The minimum atomic E-state index is -0.0925. The second kappa shape index (κ2) is 19.0. The number of nitrogens with zero attached hydrogens (tertiary/aromatic N) is 6. The average molecular weight is 807 g/mol. The van der Waals surface area contributed by atoms with Crippen LogP contribution in [0.2, 0.25) is 0 Å². The van der Waals surface area contributed by atoms with E-state index in [1.807, 2.05) is 50.3 Å². The van der Waals surface area contributed by atoms with Crippen molar-refractivity contribution in [1.29, 1.82) is 0 Å². The molecule has 0 radical (unpaired) electrons. The highest BCUT2D eigenvalue weighted by molar-refractivity contribution is 7.15. The average Bonchev–Trinajstić information content (AvgIpc) is 3.73. The normalized spacial score (nSPS) is 17.7. The van der Waals surface area contributed by atoms with Crippen molar-refractivity contribution in [2.75, 3.05) is 31.1 Å². The molecule has 0 unspecified atom stereocenters. The van der Waals surface area contributed by atoms with Gasteiger partial charge < -0.3 is 14.9 Å². The third kappa shape index (κ3) is 9.36. The zero-order chi connectivity index (χ0) is 41.5. The van der Waals surface area contributed by atoms with Crippen LogP contribution >= 0.6 is 11.3 Å². The standard InChI is InChI=1S/C33H36N6OS.C10H12O.C7H10/c1-20-22(3)41-33-29(20)30(34-21(2)31-36-35-23(4)39(31)33)26-10-12-28(13-11-26)38-18-27(19-38)32(40)37-16-14-25(15-17-37)24-8-6-5-7-9-24;11-10-6-5-8-3-1-2-4-9(8)7-10;1-3-5-7-6-4-2/h5-13,21,25,27H,14-19H2,1-4H3;5-7,11H,1-4H2;3-7H,1H2,2H3/b;;6-4-,7-5-/t21-;;/m0../s1. The zero-order valence-corrected chi connectivity index (χ0v) is 36.1. The van der Waals surface area contributed by atoms with Crippen molar-refractivity contribution in [2.24, 2.45) is 10.9 Å². The van der Waals surface area contributed by atoms with Gasteiger partial charge in [-0.25, -0.2) is 0 Å². The van der Waals surface area contributed by atoms with Crippen LogP contribution in [-0.4, -0.2) is 62.6 Å². The van der Waals surface area contributed by atoms with E-state index in [-0.39, 0.29) is 12.0 Å². The van der Waals surface area contributed by atoms with Gasteiger partial charge in [0.15, 0.2) is 5.82 Å². The van der Waals surface area contributed by atoms with Gasteiger partial charge in [-0.15, -0.1) is 21.5 Å². The summed E-state index contributed by atoms with van der Waals surface area (Å²) in [5, 5.41) is 19.2. The first-order chi connectivity index (χ1) is 28.7. The summed E-state index contributed by atoms with van der Waals surface area (Å²) in [5.41, 5.74) is 9.90. The number of allylic oxidation sites excluding steroid dienone is 5. The second-order valence-corrected chi connectivity index (χ2v) is 17.2. The second-order valence-electron chi connectivity index (χ2n) is 16.0. The van der Waals surface area contributed by atoms with Gasteiger partial charge in [-0.2, -0.15) is 0 Å². The molecular weight excluding hydrogens is 749 g/mol. The molecular formula is C50H58N6O2S. The van der Waals surface area contributed by atoms with E-state index in [2.05, 4.69) is 107 Å². The van der Waals surface area contributed by atoms with Crippen LogP contribution in [0.25, 0.3) is 5.00 Å². The van der Waals surface area contributed by atoms with Gasteiger partial charge in [0.1, 0.15) is 22.6 Å². The summed E-state index contributed by atoms with van der Waals surface area (Å²) in [6, 6.07) is 25.1. The molecule has 0 bridgehead atoms. The maximum absolute atomic E-state index is 13.2. The number of aromatic hydroxyl groups is 1. The largest absolute Gasteiger partial charge is 0.508 e. The van der Waals surface area contributed by atoms with Crippen LogP contribution in [0.4, 0.5) is 5.69 Å². The van der Waals surface area contributed by atoms with Gasteiger partial charge in [-0.3, -0.25) is 14.4 Å². The number of piperidine rings is 1. The number of phenols is 1. The van der Waals surface area contributed by atoms with Crippen molar-refractivity contribution in [3.05, 3.63) is 160 Å². The molecule has 1 amide bonds. The number of likely N-dealkylation sites (tertiary alicyclic amines) is 1. The van der Waals surface area contributed by atoms with E-state index in [0.717, 1.165) is 79.1 Å². The third-order valence-corrected chi connectivity index (χ3v) is 13.2. The molecule has 0 spiro atoms. The molecule has 3 aliphatic heterocycles. The van der Waals surface area contributed by atoms with Crippen molar-refractivity contribution in [3.8, 4) is 10.8 Å². The summed E-state index contributed by atoms with van der Waals surface area (Å²) in [6.45, 7) is 17.3. The highest BCUT2D eigenvalue weighted by Crippen LogP contribution is 2.39. The molecule has 2 saturated heterocycles. The Kier molecular flexibility index (Phi) is 13.4. The lowest BCUT2D eigenvalue weighted by atomic mass is 9.88. The number of amides is 1. The fraction of sp³-hybridized carbons (Fsp3) is 0.360. The molecule has 1 atom stereocenters. The number of rotatable bonds is 6. The van der Waals surface area contributed by atoms with Crippen LogP contribution in [0.1, 0.15) is 101 Å². The molecule has 2 aromatic heterocycles. The van der Waals surface area contributed by atoms with E-state index >= 15 is 0 Å². The highest BCUT2D eigenvalue weighted by atomic mass is 32.1. The number of benzene rings is 3. The molecule has 9 heteroatoms. The van der Waals surface area contributed by atoms with Crippen molar-refractivity contribution in [3.63, 3.8) is 0 Å². The Hall–Kier alpha value is -5.54. The molecule has 59 heavy (non-hydrogen) atoms. The predicted molar refractivity (Wildman–Crippen MR) is 244 cm³/mol. The number of hydrogen-bond acceptors (Lipinski definition) is 7. The fourth-order valence-corrected chi connectivity index (χ4v) is 9.76. The Morgan fingerprint density at radius 3 is 2.29 bits per heavy atom. The zero-order valence-electron chi connectivity index (χ0n) is 35.3. The van der Waals surface area contributed by atoms with Gasteiger partial charge in [0.25, 0.3) is 0 Å². The predicted octanol–water partition coefficient (Wildman–Crippen LogP) is 10.6. The van der Waals surface area contributed by atoms with Gasteiger partial charge in [0.05, 0.1) is 11.6 Å². The molecule has 9 rings (SSSR count). The Morgan fingerprint density at radius 1 is 0.881 bits per heavy atom. The fourth-order valence-electron chi connectivity index (χ4n) is 8.55. The summed E-state index contributed by atoms with van der Waals surface area (Å²) >= 11 is 1.78. The number of anilines is 1. The first-order valence-electron chi connectivity index (χ1n) is 21.2. The number of phenolic OH excluding ortho intramolecular Hbond substituents is 1. The van der Waals surface area contributed by atoms with Crippen LogP contribution in [0, 0.1) is 26.7 Å². The van der Waals surface area contributed by atoms with Gasteiger partial charge >= 0.3 is 0 Å². The SMILES string of the molecule is C=C/C=C\C=C/C.Cc1sc2c(c1C)C(c1ccc(N3CC(C(=O)N4CCC(c5ccccc5)CC4)C3)cc1)=N[C@@H](C)c1nnc(C)n1-2.Oc1ccc2c(c1)CCCC2. The minimum Gasteiger partial charge on any atom is -0.508 e. The molecule has 1 N–H and O–H groups in total.